The SMILES string of the molecule is CCc1ccccc1NC(=O)CN1CCN(C(=O)c2cc(C)n(-c3ccccc3F)c2C)CC1. The van der Waals surface area contributed by atoms with Gasteiger partial charge in [0, 0.05) is 43.3 Å². The molecule has 1 aliphatic rings. The van der Waals surface area contributed by atoms with Crippen molar-refractivity contribution < 1.29 is 14.0 Å². The number of carbonyl (C=O) groups excluding carboxylic acids is 2. The molecule has 6 nitrogen and oxygen atoms in total. The molecular formula is C27H31FN4O2. The fourth-order valence-electron chi connectivity index (χ4n) is 4.61. The molecule has 2 amide bonds. The summed E-state index contributed by atoms with van der Waals surface area (Å²) in [4.78, 5) is 29.7. The number of aromatic nitrogens is 1. The van der Waals surface area contributed by atoms with Crippen LogP contribution in [0.25, 0.3) is 5.69 Å². The van der Waals surface area contributed by atoms with Crippen molar-refractivity contribution >= 4 is 17.5 Å². The van der Waals surface area contributed by atoms with Crippen molar-refractivity contribution in [1.82, 2.24) is 14.4 Å². The third-order valence-corrected chi connectivity index (χ3v) is 6.45. The van der Waals surface area contributed by atoms with E-state index in [4.69, 9.17) is 0 Å². The summed E-state index contributed by atoms with van der Waals surface area (Å²) in [6, 6.07) is 16.2. The van der Waals surface area contributed by atoms with Crippen molar-refractivity contribution in [1.29, 1.82) is 0 Å². The summed E-state index contributed by atoms with van der Waals surface area (Å²) in [5, 5.41) is 3.01. The fraction of sp³-hybridized carbons (Fsp3) is 0.333. The van der Waals surface area contributed by atoms with E-state index in [1.54, 1.807) is 22.8 Å². The van der Waals surface area contributed by atoms with Gasteiger partial charge in [0.15, 0.2) is 0 Å². The standard InChI is InChI=1S/C27H31FN4O2/c1-4-21-9-5-7-11-24(21)29-26(33)18-30-13-15-31(16-14-30)27(34)22-17-19(2)32(20(22)3)25-12-8-6-10-23(25)28/h5-12,17H,4,13-16,18H2,1-3H3,(H,29,33). The molecule has 0 bridgehead atoms. The average molecular weight is 463 g/mol. The Morgan fingerprint density at radius 1 is 0.971 bits per heavy atom. The minimum absolute atomic E-state index is 0.0471. The van der Waals surface area contributed by atoms with Gasteiger partial charge in [-0.15, -0.1) is 0 Å². The molecule has 178 valence electrons. The maximum absolute atomic E-state index is 14.4. The van der Waals surface area contributed by atoms with E-state index in [9.17, 15) is 14.0 Å². The summed E-state index contributed by atoms with van der Waals surface area (Å²) in [7, 11) is 0. The lowest BCUT2D eigenvalue weighted by molar-refractivity contribution is -0.117. The van der Waals surface area contributed by atoms with Gasteiger partial charge in [-0.25, -0.2) is 4.39 Å². The van der Waals surface area contributed by atoms with Gasteiger partial charge < -0.3 is 14.8 Å². The zero-order chi connectivity index (χ0) is 24.2. The highest BCUT2D eigenvalue weighted by atomic mass is 19.1. The van der Waals surface area contributed by atoms with E-state index in [-0.39, 0.29) is 17.6 Å². The molecule has 0 saturated carbocycles. The van der Waals surface area contributed by atoms with Gasteiger partial charge in [-0.2, -0.15) is 0 Å². The lowest BCUT2D eigenvalue weighted by Crippen LogP contribution is -2.50. The normalized spacial score (nSPS) is 14.3. The van der Waals surface area contributed by atoms with Gasteiger partial charge in [0.2, 0.25) is 5.91 Å². The lowest BCUT2D eigenvalue weighted by Gasteiger charge is -2.34. The summed E-state index contributed by atoms with van der Waals surface area (Å²) < 4.78 is 16.2. The Morgan fingerprint density at radius 2 is 1.65 bits per heavy atom. The smallest absolute Gasteiger partial charge is 0.255 e. The van der Waals surface area contributed by atoms with Gasteiger partial charge in [-0.1, -0.05) is 37.3 Å². The van der Waals surface area contributed by atoms with Crippen molar-refractivity contribution in [3.8, 4) is 5.69 Å². The van der Waals surface area contributed by atoms with Crippen LogP contribution in [0.4, 0.5) is 10.1 Å². The summed E-state index contributed by atoms with van der Waals surface area (Å²) in [5.74, 6) is -0.428. The second kappa shape index (κ2) is 10.2. The topological polar surface area (TPSA) is 57.6 Å². The first-order valence-corrected chi connectivity index (χ1v) is 11.7. The van der Waals surface area contributed by atoms with Gasteiger partial charge in [0.1, 0.15) is 5.82 Å². The predicted molar refractivity (Wildman–Crippen MR) is 132 cm³/mol. The first kappa shape index (κ1) is 23.7. The van der Waals surface area contributed by atoms with Crippen LogP contribution in [0, 0.1) is 19.7 Å². The average Bonchev–Trinajstić information content (AvgIpc) is 3.13. The minimum Gasteiger partial charge on any atom is -0.336 e. The van der Waals surface area contributed by atoms with E-state index in [0.29, 0.717) is 44.0 Å². The summed E-state index contributed by atoms with van der Waals surface area (Å²) in [6.07, 6.45) is 0.856. The highest BCUT2D eigenvalue weighted by molar-refractivity contribution is 5.96. The van der Waals surface area contributed by atoms with E-state index in [1.807, 2.05) is 49.1 Å². The number of aryl methyl sites for hydroxylation is 2. The molecule has 0 unspecified atom stereocenters. The van der Waals surface area contributed by atoms with Gasteiger partial charge in [-0.3, -0.25) is 14.5 Å². The van der Waals surface area contributed by atoms with Crippen LogP contribution in [0.5, 0.6) is 0 Å². The Labute approximate surface area is 200 Å². The first-order valence-electron chi connectivity index (χ1n) is 11.7. The van der Waals surface area contributed by atoms with Crippen LogP contribution >= 0.6 is 0 Å². The van der Waals surface area contributed by atoms with Crippen molar-refractivity contribution in [3.05, 3.63) is 82.9 Å². The van der Waals surface area contributed by atoms with E-state index in [2.05, 4.69) is 17.1 Å². The van der Waals surface area contributed by atoms with Crippen molar-refractivity contribution in [2.75, 3.05) is 38.0 Å². The van der Waals surface area contributed by atoms with Crippen LogP contribution in [0.15, 0.2) is 54.6 Å². The zero-order valence-electron chi connectivity index (χ0n) is 20.0. The number of amides is 2. The first-order chi connectivity index (χ1) is 16.4. The number of halogens is 1. The van der Waals surface area contributed by atoms with Crippen LogP contribution in [0.2, 0.25) is 0 Å². The van der Waals surface area contributed by atoms with Gasteiger partial charge in [0.05, 0.1) is 17.8 Å². The van der Waals surface area contributed by atoms with Gasteiger partial charge >= 0.3 is 0 Å². The van der Waals surface area contributed by atoms with Crippen LogP contribution in [0.3, 0.4) is 0 Å². The van der Waals surface area contributed by atoms with E-state index in [0.717, 1.165) is 29.1 Å². The molecule has 4 rings (SSSR count). The molecule has 7 heteroatoms. The molecule has 1 aliphatic heterocycles. The van der Waals surface area contributed by atoms with E-state index < -0.39 is 0 Å². The molecule has 0 radical (unpaired) electrons. The molecule has 1 fully saturated rings. The van der Waals surface area contributed by atoms with E-state index >= 15 is 0 Å². The number of anilines is 1. The van der Waals surface area contributed by atoms with Crippen LogP contribution in [-0.2, 0) is 11.2 Å². The molecule has 0 atom stereocenters. The Kier molecular flexibility index (Phi) is 7.12. The number of para-hydroxylation sites is 2. The number of nitrogens with zero attached hydrogens (tertiary/aromatic N) is 3. The Hall–Kier alpha value is -3.45. The molecule has 0 spiro atoms. The molecule has 0 aliphatic carbocycles. The quantitative estimate of drug-likeness (QED) is 0.598. The van der Waals surface area contributed by atoms with Crippen LogP contribution in [-0.4, -0.2) is 58.9 Å². The molecule has 34 heavy (non-hydrogen) atoms. The van der Waals surface area contributed by atoms with E-state index in [1.165, 1.54) is 6.07 Å². The summed E-state index contributed by atoms with van der Waals surface area (Å²) in [5.41, 5.74) is 4.53. The van der Waals surface area contributed by atoms with Crippen molar-refractivity contribution in [2.24, 2.45) is 0 Å². The fourth-order valence-corrected chi connectivity index (χ4v) is 4.61. The maximum atomic E-state index is 14.4. The van der Waals surface area contributed by atoms with Crippen LogP contribution in [0.1, 0.15) is 34.2 Å². The monoisotopic (exact) mass is 462 g/mol. The highest BCUT2D eigenvalue weighted by Gasteiger charge is 2.26. The predicted octanol–water partition coefficient (Wildman–Crippen LogP) is 4.19. The lowest BCUT2D eigenvalue weighted by atomic mass is 10.1. The molecule has 1 saturated heterocycles. The Balaban J connectivity index is 1.37. The third kappa shape index (κ3) is 4.89. The number of benzene rings is 2. The number of hydrogen-bond donors (Lipinski definition) is 1. The highest BCUT2D eigenvalue weighted by Crippen LogP contribution is 2.24. The number of hydrogen-bond acceptors (Lipinski definition) is 3. The van der Waals surface area contributed by atoms with Gasteiger partial charge in [0.25, 0.3) is 5.91 Å². The molecule has 3 aromatic rings. The molecule has 2 aromatic carbocycles. The van der Waals surface area contributed by atoms with Crippen LogP contribution < -0.4 is 5.32 Å². The number of piperazine rings is 1. The second-order valence-corrected chi connectivity index (χ2v) is 8.70. The summed E-state index contributed by atoms with van der Waals surface area (Å²) >= 11 is 0. The number of nitrogens with one attached hydrogen (secondary N) is 1. The maximum Gasteiger partial charge on any atom is 0.255 e. The van der Waals surface area contributed by atoms with Crippen molar-refractivity contribution in [2.45, 2.75) is 27.2 Å². The molecular weight excluding hydrogens is 431 g/mol. The Morgan fingerprint density at radius 3 is 2.35 bits per heavy atom. The largest absolute Gasteiger partial charge is 0.336 e. The minimum atomic E-state index is -0.322. The van der Waals surface area contributed by atoms with Crippen molar-refractivity contribution in [3.63, 3.8) is 0 Å². The van der Waals surface area contributed by atoms with Gasteiger partial charge in [-0.05, 0) is 50.1 Å². The molecule has 1 N–H and O–H groups in total. The molecule has 1 aromatic heterocycles. The zero-order valence-corrected chi connectivity index (χ0v) is 20.0. The third-order valence-electron chi connectivity index (χ3n) is 6.45. The number of rotatable bonds is 6. The Bertz CT molecular complexity index is 1200. The molecule has 2 heterocycles. The summed E-state index contributed by atoms with van der Waals surface area (Å²) in [6.45, 7) is 8.42. The second-order valence-electron chi connectivity index (χ2n) is 8.70. The number of carbonyl (C=O) groups is 2.